The minimum atomic E-state index is -4.76. The third-order valence-electron chi connectivity index (χ3n) is 4.84. The number of halogens is 4. The fraction of sp³-hybridized carbons (Fsp3) is 0.316. The van der Waals surface area contributed by atoms with Crippen LogP contribution in [0.4, 0.5) is 33.2 Å². The van der Waals surface area contributed by atoms with Gasteiger partial charge in [-0.2, -0.15) is 13.2 Å². The Morgan fingerprint density at radius 3 is 2.73 bits per heavy atom. The molecule has 0 saturated heterocycles. The van der Waals surface area contributed by atoms with E-state index in [2.05, 4.69) is 26.5 Å². The highest BCUT2D eigenvalue weighted by Crippen LogP contribution is 2.40. The van der Waals surface area contributed by atoms with Gasteiger partial charge in [0.2, 0.25) is 5.82 Å². The number of anilines is 2. The van der Waals surface area contributed by atoms with Crippen molar-refractivity contribution >= 4 is 39.2 Å². The molecule has 11 heteroatoms. The summed E-state index contributed by atoms with van der Waals surface area (Å²) < 4.78 is 54.8. The third-order valence-corrected chi connectivity index (χ3v) is 5.92. The number of carbonyl (C=O) groups excluding carboxylic acids is 1. The van der Waals surface area contributed by atoms with Gasteiger partial charge in [0, 0.05) is 17.1 Å². The standard InChI is InChI=1S/C19H15F4N5OS/c1-2-6-28-14-8-12(11(20)7-13(14)25-16(28)19(21,22)23)26-17(29)27-18-24-9-15(30-18)10-4-3-5-10/h1,7-10H,3-6H2,(H2,24,26,27,29). The van der Waals surface area contributed by atoms with Gasteiger partial charge in [0.1, 0.15) is 5.82 Å². The molecule has 6 nitrogen and oxygen atoms in total. The van der Waals surface area contributed by atoms with Crippen molar-refractivity contribution < 1.29 is 22.4 Å². The maximum Gasteiger partial charge on any atom is 0.449 e. The van der Waals surface area contributed by atoms with Gasteiger partial charge in [0.25, 0.3) is 0 Å². The maximum atomic E-state index is 14.4. The molecule has 0 unspecified atom stereocenters. The van der Waals surface area contributed by atoms with E-state index in [0.29, 0.717) is 11.0 Å². The van der Waals surface area contributed by atoms with Gasteiger partial charge in [-0.1, -0.05) is 12.3 Å². The van der Waals surface area contributed by atoms with Gasteiger partial charge >= 0.3 is 12.2 Å². The molecule has 156 valence electrons. The van der Waals surface area contributed by atoms with Crippen molar-refractivity contribution in [2.75, 3.05) is 10.6 Å². The van der Waals surface area contributed by atoms with Gasteiger partial charge in [-0.15, -0.1) is 17.8 Å². The average Bonchev–Trinajstić information content (AvgIpc) is 3.19. The molecule has 1 aliphatic rings. The number of urea groups is 1. The Balaban J connectivity index is 1.58. The number of hydrogen-bond acceptors (Lipinski definition) is 4. The number of fused-ring (bicyclic) bond motifs is 1. The van der Waals surface area contributed by atoms with Crippen LogP contribution in [0.1, 0.15) is 35.9 Å². The molecule has 1 aromatic carbocycles. The molecule has 2 aromatic heterocycles. The Labute approximate surface area is 172 Å². The number of thiazole rings is 1. The summed E-state index contributed by atoms with van der Waals surface area (Å²) in [6.45, 7) is -0.411. The summed E-state index contributed by atoms with van der Waals surface area (Å²) in [5.41, 5.74) is -0.563. The number of aromatic nitrogens is 3. The van der Waals surface area contributed by atoms with E-state index in [1.165, 1.54) is 17.8 Å². The first kappa shape index (κ1) is 20.2. The number of nitrogens with one attached hydrogen (secondary N) is 2. The minimum Gasteiger partial charge on any atom is -0.308 e. The van der Waals surface area contributed by atoms with E-state index in [9.17, 15) is 22.4 Å². The van der Waals surface area contributed by atoms with Crippen LogP contribution in [0, 0.1) is 18.2 Å². The molecule has 0 bridgehead atoms. The fourth-order valence-corrected chi connectivity index (χ4v) is 4.17. The Hall–Kier alpha value is -3.13. The van der Waals surface area contributed by atoms with Crippen molar-refractivity contribution in [3.8, 4) is 12.3 Å². The molecule has 0 aliphatic heterocycles. The van der Waals surface area contributed by atoms with Crippen molar-refractivity contribution in [3.05, 3.63) is 34.8 Å². The van der Waals surface area contributed by atoms with Crippen LogP contribution in [0.5, 0.6) is 0 Å². The van der Waals surface area contributed by atoms with Crippen molar-refractivity contribution in [1.29, 1.82) is 0 Å². The third kappa shape index (κ3) is 3.82. The quantitative estimate of drug-likeness (QED) is 0.436. The zero-order valence-electron chi connectivity index (χ0n) is 15.4. The predicted octanol–water partition coefficient (Wildman–Crippen LogP) is 5.20. The van der Waals surface area contributed by atoms with E-state index >= 15 is 0 Å². The lowest BCUT2D eigenvalue weighted by Gasteiger charge is -2.23. The Kier molecular flexibility index (Phi) is 5.11. The lowest BCUT2D eigenvalue weighted by atomic mass is 9.85. The smallest absolute Gasteiger partial charge is 0.308 e. The minimum absolute atomic E-state index is 0.0431. The molecule has 2 heterocycles. The van der Waals surface area contributed by atoms with Crippen molar-refractivity contribution in [2.24, 2.45) is 0 Å². The van der Waals surface area contributed by atoms with Crippen LogP contribution in [-0.2, 0) is 12.7 Å². The van der Waals surface area contributed by atoms with Crippen LogP contribution in [-0.4, -0.2) is 20.6 Å². The van der Waals surface area contributed by atoms with Gasteiger partial charge in [-0.3, -0.25) is 5.32 Å². The summed E-state index contributed by atoms with van der Waals surface area (Å²) >= 11 is 1.34. The second kappa shape index (κ2) is 7.60. The van der Waals surface area contributed by atoms with E-state index in [4.69, 9.17) is 6.42 Å². The highest BCUT2D eigenvalue weighted by molar-refractivity contribution is 7.15. The Morgan fingerprint density at radius 2 is 2.10 bits per heavy atom. The molecule has 1 aliphatic carbocycles. The number of hydrogen-bond donors (Lipinski definition) is 2. The van der Waals surface area contributed by atoms with E-state index < -0.39 is 30.4 Å². The van der Waals surface area contributed by atoms with Gasteiger partial charge in [-0.05, 0) is 24.8 Å². The van der Waals surface area contributed by atoms with Crippen LogP contribution in [0.3, 0.4) is 0 Å². The number of alkyl halides is 3. The highest BCUT2D eigenvalue weighted by atomic mass is 32.1. The van der Waals surface area contributed by atoms with Crippen LogP contribution in [0.2, 0.25) is 0 Å². The summed E-state index contributed by atoms with van der Waals surface area (Å²) in [5, 5.41) is 5.17. The number of carbonyl (C=O) groups is 1. The number of benzene rings is 1. The van der Waals surface area contributed by atoms with Crippen LogP contribution < -0.4 is 10.6 Å². The van der Waals surface area contributed by atoms with E-state index in [-0.39, 0.29) is 16.7 Å². The molecule has 0 atom stereocenters. The molecule has 2 N–H and O–H groups in total. The average molecular weight is 437 g/mol. The van der Waals surface area contributed by atoms with Crippen LogP contribution >= 0.6 is 11.3 Å². The second-order valence-corrected chi connectivity index (χ2v) is 7.88. The van der Waals surface area contributed by atoms with Gasteiger partial charge in [0.15, 0.2) is 5.13 Å². The lowest BCUT2D eigenvalue weighted by Crippen LogP contribution is -2.20. The summed E-state index contributed by atoms with van der Waals surface area (Å²) in [4.78, 5) is 20.9. The number of rotatable bonds is 4. The lowest BCUT2D eigenvalue weighted by molar-refractivity contribution is -0.146. The summed E-state index contributed by atoms with van der Waals surface area (Å²) in [6, 6.07) is 1.14. The molecule has 30 heavy (non-hydrogen) atoms. The maximum absolute atomic E-state index is 14.4. The zero-order valence-corrected chi connectivity index (χ0v) is 16.2. The fourth-order valence-electron chi connectivity index (χ4n) is 3.19. The van der Waals surface area contributed by atoms with Gasteiger partial charge in [0.05, 0.1) is 23.3 Å². The van der Waals surface area contributed by atoms with Gasteiger partial charge < -0.3 is 9.88 Å². The van der Waals surface area contributed by atoms with Gasteiger partial charge in [-0.25, -0.2) is 19.2 Å². The Morgan fingerprint density at radius 1 is 1.33 bits per heavy atom. The van der Waals surface area contributed by atoms with Crippen molar-refractivity contribution in [2.45, 2.75) is 37.9 Å². The molecule has 1 saturated carbocycles. The van der Waals surface area contributed by atoms with Crippen molar-refractivity contribution in [1.82, 2.24) is 14.5 Å². The van der Waals surface area contributed by atoms with E-state index in [1.54, 1.807) is 6.20 Å². The summed E-state index contributed by atoms with van der Waals surface area (Å²) in [7, 11) is 0. The summed E-state index contributed by atoms with van der Waals surface area (Å²) in [5.74, 6) is 0.426. The van der Waals surface area contributed by atoms with Crippen LogP contribution in [0.25, 0.3) is 11.0 Å². The largest absolute Gasteiger partial charge is 0.449 e. The predicted molar refractivity (Wildman–Crippen MR) is 105 cm³/mol. The normalized spacial score (nSPS) is 14.4. The molecule has 3 aromatic rings. The first-order valence-corrected chi connectivity index (χ1v) is 9.82. The molecular formula is C19H15F4N5OS. The Bertz CT molecular complexity index is 1160. The van der Waals surface area contributed by atoms with E-state index in [1.807, 2.05) is 0 Å². The first-order valence-electron chi connectivity index (χ1n) is 9.00. The SMILES string of the molecule is C#CCn1c(C(F)(F)F)nc2cc(F)c(NC(=O)Nc3ncc(C4CCC4)s3)cc21. The molecule has 0 radical (unpaired) electrons. The number of imidazole rings is 1. The highest BCUT2D eigenvalue weighted by Gasteiger charge is 2.37. The van der Waals surface area contributed by atoms with E-state index in [0.717, 1.165) is 34.4 Å². The van der Waals surface area contributed by atoms with Crippen molar-refractivity contribution in [3.63, 3.8) is 0 Å². The molecule has 1 fully saturated rings. The zero-order chi connectivity index (χ0) is 21.5. The molecular weight excluding hydrogens is 422 g/mol. The number of amides is 2. The molecule has 4 rings (SSSR count). The topological polar surface area (TPSA) is 71.8 Å². The monoisotopic (exact) mass is 437 g/mol. The molecule has 0 spiro atoms. The number of nitrogens with zero attached hydrogens (tertiary/aromatic N) is 3. The summed E-state index contributed by atoms with van der Waals surface area (Å²) in [6.07, 6.45) is 5.45. The first-order chi connectivity index (χ1) is 14.3. The second-order valence-electron chi connectivity index (χ2n) is 6.82. The molecule has 2 amide bonds. The van der Waals surface area contributed by atoms with Crippen LogP contribution in [0.15, 0.2) is 18.3 Å². The number of terminal acetylenes is 1.